The molecule has 1 aliphatic rings. The van der Waals surface area contributed by atoms with E-state index in [1.807, 2.05) is 0 Å². The molecular formula is C15H22F2N2O. The molecule has 1 saturated carbocycles. The molecule has 1 aliphatic carbocycles. The summed E-state index contributed by atoms with van der Waals surface area (Å²) in [6.45, 7) is 1.19. The highest BCUT2D eigenvalue weighted by Crippen LogP contribution is 2.33. The Labute approximate surface area is 118 Å². The first-order chi connectivity index (χ1) is 9.44. The predicted octanol–water partition coefficient (Wildman–Crippen LogP) is 2.63. The van der Waals surface area contributed by atoms with Crippen LogP contribution >= 0.6 is 0 Å². The summed E-state index contributed by atoms with van der Waals surface area (Å²) in [5.74, 6) is -2.73. The Morgan fingerprint density at radius 2 is 1.75 bits per heavy atom. The lowest BCUT2D eigenvalue weighted by atomic mass is 9.96. The number of aromatic hydroxyl groups is 1. The molecule has 2 rings (SSSR count). The molecule has 2 N–H and O–H groups in total. The van der Waals surface area contributed by atoms with E-state index in [0.717, 1.165) is 19.4 Å². The van der Waals surface area contributed by atoms with Gasteiger partial charge in [-0.15, -0.1) is 0 Å². The highest BCUT2D eigenvalue weighted by molar-refractivity contribution is 5.29. The van der Waals surface area contributed by atoms with Gasteiger partial charge in [-0.05, 0) is 44.6 Å². The third kappa shape index (κ3) is 3.10. The standard InChI is InChI=1S/C15H22F2N2O/c1-19(2)15(5-3-4-6-15)10-18-9-11-7-12(16)14(20)13(17)8-11/h7-8,18,20H,3-6,9-10H2,1-2H3. The molecule has 0 aromatic heterocycles. The molecule has 1 aromatic rings. The van der Waals surface area contributed by atoms with Crippen LogP contribution in [0.4, 0.5) is 8.78 Å². The molecule has 0 saturated heterocycles. The van der Waals surface area contributed by atoms with E-state index in [0.29, 0.717) is 12.1 Å². The fourth-order valence-corrected chi connectivity index (χ4v) is 2.97. The predicted molar refractivity (Wildman–Crippen MR) is 74.6 cm³/mol. The minimum absolute atomic E-state index is 0.147. The minimum atomic E-state index is -0.912. The fourth-order valence-electron chi connectivity index (χ4n) is 2.97. The molecule has 1 fully saturated rings. The van der Waals surface area contributed by atoms with Crippen LogP contribution in [0.1, 0.15) is 31.2 Å². The number of nitrogens with one attached hydrogen (secondary N) is 1. The monoisotopic (exact) mass is 284 g/mol. The van der Waals surface area contributed by atoms with Gasteiger partial charge in [-0.25, -0.2) is 8.78 Å². The Balaban J connectivity index is 1.96. The van der Waals surface area contributed by atoms with Crippen LogP contribution in [0.5, 0.6) is 5.75 Å². The summed E-state index contributed by atoms with van der Waals surface area (Å²) in [6.07, 6.45) is 4.74. The van der Waals surface area contributed by atoms with Crippen LogP contribution in [0.25, 0.3) is 0 Å². The van der Waals surface area contributed by atoms with Crippen molar-refractivity contribution in [3.63, 3.8) is 0 Å². The van der Waals surface area contributed by atoms with Crippen molar-refractivity contribution >= 4 is 0 Å². The molecule has 20 heavy (non-hydrogen) atoms. The largest absolute Gasteiger partial charge is 0.503 e. The summed E-state index contributed by atoms with van der Waals surface area (Å²) < 4.78 is 26.5. The minimum Gasteiger partial charge on any atom is -0.503 e. The molecule has 0 spiro atoms. The van der Waals surface area contributed by atoms with Crippen molar-refractivity contribution in [2.24, 2.45) is 0 Å². The van der Waals surface area contributed by atoms with Crippen LogP contribution in [0.15, 0.2) is 12.1 Å². The van der Waals surface area contributed by atoms with E-state index in [1.165, 1.54) is 25.0 Å². The van der Waals surface area contributed by atoms with Crippen molar-refractivity contribution in [1.29, 1.82) is 0 Å². The molecule has 1 aromatic carbocycles. The van der Waals surface area contributed by atoms with Gasteiger partial charge in [0.15, 0.2) is 17.4 Å². The fraction of sp³-hybridized carbons (Fsp3) is 0.600. The molecule has 0 unspecified atom stereocenters. The Morgan fingerprint density at radius 3 is 2.25 bits per heavy atom. The van der Waals surface area contributed by atoms with E-state index in [-0.39, 0.29) is 5.54 Å². The van der Waals surface area contributed by atoms with Gasteiger partial charge in [0.1, 0.15) is 0 Å². The maximum atomic E-state index is 13.2. The lowest BCUT2D eigenvalue weighted by Gasteiger charge is -2.36. The van der Waals surface area contributed by atoms with Crippen LogP contribution < -0.4 is 5.32 Å². The van der Waals surface area contributed by atoms with Gasteiger partial charge in [0.05, 0.1) is 0 Å². The number of hydrogen-bond acceptors (Lipinski definition) is 3. The van der Waals surface area contributed by atoms with Gasteiger partial charge in [-0.3, -0.25) is 0 Å². The van der Waals surface area contributed by atoms with Crippen molar-refractivity contribution in [3.05, 3.63) is 29.3 Å². The van der Waals surface area contributed by atoms with E-state index in [9.17, 15) is 8.78 Å². The first-order valence-electron chi connectivity index (χ1n) is 7.00. The lowest BCUT2D eigenvalue weighted by Crippen LogP contribution is -2.49. The number of likely N-dealkylation sites (N-methyl/N-ethyl adjacent to an activating group) is 1. The first kappa shape index (κ1) is 15.2. The Hall–Kier alpha value is -1.20. The number of hydrogen-bond donors (Lipinski definition) is 2. The zero-order valence-corrected chi connectivity index (χ0v) is 12.0. The molecule has 5 heteroatoms. The number of phenols is 1. The van der Waals surface area contributed by atoms with Gasteiger partial charge < -0.3 is 15.3 Å². The Bertz CT molecular complexity index is 448. The quantitative estimate of drug-likeness (QED) is 0.872. The Kier molecular flexibility index (Phi) is 4.60. The Morgan fingerprint density at radius 1 is 1.20 bits per heavy atom. The molecule has 0 amide bonds. The molecule has 0 aliphatic heterocycles. The summed E-state index contributed by atoms with van der Waals surface area (Å²) in [5.41, 5.74) is 0.651. The third-order valence-corrected chi connectivity index (χ3v) is 4.34. The van der Waals surface area contributed by atoms with Crippen molar-refractivity contribution in [3.8, 4) is 5.75 Å². The van der Waals surface area contributed by atoms with Crippen LogP contribution in [0.3, 0.4) is 0 Å². The smallest absolute Gasteiger partial charge is 0.187 e. The van der Waals surface area contributed by atoms with E-state index < -0.39 is 17.4 Å². The topological polar surface area (TPSA) is 35.5 Å². The molecule has 0 radical (unpaired) electrons. The van der Waals surface area contributed by atoms with E-state index in [1.54, 1.807) is 0 Å². The number of nitrogens with zero attached hydrogens (tertiary/aromatic N) is 1. The summed E-state index contributed by atoms with van der Waals surface area (Å²) in [5, 5.41) is 12.3. The van der Waals surface area contributed by atoms with E-state index >= 15 is 0 Å². The van der Waals surface area contributed by atoms with Gasteiger partial charge in [0.2, 0.25) is 0 Å². The first-order valence-corrected chi connectivity index (χ1v) is 7.00. The molecule has 0 heterocycles. The zero-order valence-electron chi connectivity index (χ0n) is 12.0. The van der Waals surface area contributed by atoms with Crippen LogP contribution in [0.2, 0.25) is 0 Å². The van der Waals surface area contributed by atoms with Gasteiger partial charge in [0, 0.05) is 18.6 Å². The average Bonchev–Trinajstić information content (AvgIpc) is 2.86. The van der Waals surface area contributed by atoms with E-state index in [4.69, 9.17) is 5.11 Å². The highest BCUT2D eigenvalue weighted by atomic mass is 19.1. The summed E-state index contributed by atoms with van der Waals surface area (Å²) in [6, 6.07) is 2.34. The van der Waals surface area contributed by atoms with Crippen LogP contribution in [-0.2, 0) is 6.54 Å². The van der Waals surface area contributed by atoms with Crippen molar-refractivity contribution in [2.75, 3.05) is 20.6 Å². The molecule has 0 atom stereocenters. The van der Waals surface area contributed by atoms with Gasteiger partial charge in [0.25, 0.3) is 0 Å². The second-order valence-electron chi connectivity index (χ2n) is 5.84. The number of phenolic OH excluding ortho intramolecular Hbond substituents is 1. The number of halogens is 2. The average molecular weight is 284 g/mol. The number of rotatable bonds is 5. The summed E-state index contributed by atoms with van der Waals surface area (Å²) >= 11 is 0. The second kappa shape index (κ2) is 6.06. The van der Waals surface area contributed by atoms with Crippen LogP contribution in [0, 0.1) is 11.6 Å². The number of benzene rings is 1. The lowest BCUT2D eigenvalue weighted by molar-refractivity contribution is 0.153. The summed E-state index contributed by atoms with van der Waals surface area (Å²) in [7, 11) is 4.15. The van der Waals surface area contributed by atoms with Gasteiger partial charge >= 0.3 is 0 Å². The van der Waals surface area contributed by atoms with Crippen molar-refractivity contribution in [2.45, 2.75) is 37.8 Å². The highest BCUT2D eigenvalue weighted by Gasteiger charge is 2.35. The third-order valence-electron chi connectivity index (χ3n) is 4.34. The van der Waals surface area contributed by atoms with Crippen molar-refractivity contribution in [1.82, 2.24) is 10.2 Å². The maximum absolute atomic E-state index is 13.2. The van der Waals surface area contributed by atoms with Gasteiger partial charge in [-0.1, -0.05) is 12.8 Å². The molecule has 3 nitrogen and oxygen atoms in total. The molecular weight excluding hydrogens is 262 g/mol. The molecule has 112 valence electrons. The maximum Gasteiger partial charge on any atom is 0.187 e. The van der Waals surface area contributed by atoms with E-state index in [2.05, 4.69) is 24.3 Å². The second-order valence-corrected chi connectivity index (χ2v) is 5.84. The molecule has 0 bridgehead atoms. The van der Waals surface area contributed by atoms with Gasteiger partial charge in [-0.2, -0.15) is 0 Å². The normalized spacial score (nSPS) is 17.9. The zero-order chi connectivity index (χ0) is 14.8. The van der Waals surface area contributed by atoms with Crippen LogP contribution in [-0.4, -0.2) is 36.2 Å². The summed E-state index contributed by atoms with van der Waals surface area (Å²) in [4.78, 5) is 2.24. The SMILES string of the molecule is CN(C)C1(CNCc2cc(F)c(O)c(F)c2)CCCC1. The van der Waals surface area contributed by atoms with Crippen molar-refractivity contribution < 1.29 is 13.9 Å².